The van der Waals surface area contributed by atoms with Gasteiger partial charge in [-0.05, 0) is 18.6 Å². The summed E-state index contributed by atoms with van der Waals surface area (Å²) in [5.74, 6) is -0.552. The van der Waals surface area contributed by atoms with E-state index in [1.165, 1.54) is 31.9 Å². The number of esters is 1. The molecule has 0 saturated carbocycles. The quantitative estimate of drug-likeness (QED) is 0.277. The first-order valence-electron chi connectivity index (χ1n) is 8.26. The van der Waals surface area contributed by atoms with Crippen LogP contribution in [0.2, 0.25) is 0 Å². The molecule has 1 aromatic rings. The van der Waals surface area contributed by atoms with E-state index >= 15 is 0 Å². The van der Waals surface area contributed by atoms with Gasteiger partial charge in [-0.3, -0.25) is 0 Å². The van der Waals surface area contributed by atoms with Crippen LogP contribution in [0.25, 0.3) is 0 Å². The van der Waals surface area contributed by atoms with Gasteiger partial charge in [-0.25, -0.2) is 4.79 Å². The molecule has 0 aliphatic rings. The van der Waals surface area contributed by atoms with Gasteiger partial charge in [-0.15, -0.1) is 0 Å². The molecule has 124 valence electrons. The minimum absolute atomic E-state index is 0.0161. The largest absolute Gasteiger partial charge is 0.462 e. The van der Waals surface area contributed by atoms with Gasteiger partial charge in [0.1, 0.15) is 6.07 Å². The number of ether oxygens (including phenoxy) is 1. The summed E-state index contributed by atoms with van der Waals surface area (Å²) in [6, 6.07) is 11.5. The van der Waals surface area contributed by atoms with E-state index in [0.717, 1.165) is 18.5 Å². The summed E-state index contributed by atoms with van der Waals surface area (Å²) >= 11 is 0. The zero-order chi connectivity index (χ0) is 16.9. The fourth-order valence-corrected chi connectivity index (χ4v) is 2.18. The molecule has 0 saturated heterocycles. The normalized spacial score (nSPS) is 10.9. The molecule has 0 bridgehead atoms. The summed E-state index contributed by atoms with van der Waals surface area (Å²) in [5, 5.41) is 9.15. The molecule has 0 unspecified atom stereocenters. The van der Waals surface area contributed by atoms with Gasteiger partial charge in [0.2, 0.25) is 0 Å². The molecule has 0 aliphatic carbocycles. The van der Waals surface area contributed by atoms with Crippen LogP contribution in [0.4, 0.5) is 5.69 Å². The lowest BCUT2D eigenvalue weighted by molar-refractivity contribution is -0.138. The van der Waals surface area contributed by atoms with Crippen LogP contribution < -0.4 is 4.90 Å². The Hall–Kier alpha value is -2.28. The van der Waals surface area contributed by atoms with Crippen molar-refractivity contribution in [1.82, 2.24) is 0 Å². The van der Waals surface area contributed by atoms with Crippen LogP contribution in [0.3, 0.4) is 0 Å². The number of carbonyl (C=O) groups is 1. The van der Waals surface area contributed by atoms with Crippen LogP contribution >= 0.6 is 0 Å². The topological polar surface area (TPSA) is 53.3 Å². The van der Waals surface area contributed by atoms with Gasteiger partial charge in [-0.2, -0.15) is 5.26 Å². The Balaban J connectivity index is 2.40. The molecule has 4 nitrogen and oxygen atoms in total. The van der Waals surface area contributed by atoms with E-state index in [4.69, 9.17) is 10.00 Å². The zero-order valence-electron chi connectivity index (χ0n) is 14.1. The second-order valence-electron chi connectivity index (χ2n) is 5.50. The molecule has 0 N–H and O–H groups in total. The van der Waals surface area contributed by atoms with Crippen molar-refractivity contribution in [2.24, 2.45) is 0 Å². The highest BCUT2D eigenvalue weighted by Gasteiger charge is 2.11. The SMILES string of the molecule is CCCCCCCCOC(=O)C(C#N)=CN(C)c1ccccc1. The maximum Gasteiger partial charge on any atom is 0.350 e. The third-order valence-electron chi connectivity index (χ3n) is 3.56. The van der Waals surface area contributed by atoms with Crippen LogP contribution in [0.15, 0.2) is 42.1 Å². The first-order valence-corrected chi connectivity index (χ1v) is 8.26. The predicted octanol–water partition coefficient (Wildman–Crippen LogP) is 4.43. The van der Waals surface area contributed by atoms with Crippen LogP contribution in [-0.4, -0.2) is 19.6 Å². The Bertz CT molecular complexity index is 532. The van der Waals surface area contributed by atoms with Crippen LogP contribution in [0.5, 0.6) is 0 Å². The highest BCUT2D eigenvalue weighted by molar-refractivity contribution is 5.93. The summed E-state index contributed by atoms with van der Waals surface area (Å²) < 4.78 is 5.18. The van der Waals surface area contributed by atoms with Gasteiger partial charge in [0.05, 0.1) is 6.61 Å². The number of unbranched alkanes of at least 4 members (excludes halogenated alkanes) is 5. The Morgan fingerprint density at radius 1 is 1.17 bits per heavy atom. The number of rotatable bonds is 10. The summed E-state index contributed by atoms with van der Waals surface area (Å²) in [4.78, 5) is 13.7. The monoisotopic (exact) mass is 314 g/mol. The fourth-order valence-electron chi connectivity index (χ4n) is 2.18. The molecule has 0 radical (unpaired) electrons. The van der Waals surface area contributed by atoms with E-state index in [-0.39, 0.29) is 5.57 Å². The second-order valence-corrected chi connectivity index (χ2v) is 5.50. The zero-order valence-corrected chi connectivity index (χ0v) is 14.1. The fraction of sp³-hybridized carbons (Fsp3) is 0.474. The van der Waals surface area contributed by atoms with E-state index in [9.17, 15) is 4.79 Å². The minimum atomic E-state index is -0.552. The molecule has 4 heteroatoms. The van der Waals surface area contributed by atoms with Crippen molar-refractivity contribution in [1.29, 1.82) is 5.26 Å². The van der Waals surface area contributed by atoms with Gasteiger partial charge in [0.15, 0.2) is 5.57 Å². The first-order chi connectivity index (χ1) is 11.2. The third kappa shape index (κ3) is 7.51. The molecule has 1 aromatic carbocycles. The van der Waals surface area contributed by atoms with Crippen molar-refractivity contribution in [3.63, 3.8) is 0 Å². The molecule has 1 rings (SSSR count). The predicted molar refractivity (Wildman–Crippen MR) is 92.9 cm³/mol. The number of hydrogen-bond donors (Lipinski definition) is 0. The van der Waals surface area contributed by atoms with Crippen molar-refractivity contribution in [2.45, 2.75) is 45.4 Å². The van der Waals surface area contributed by atoms with E-state index < -0.39 is 5.97 Å². The maximum atomic E-state index is 11.9. The van der Waals surface area contributed by atoms with Crippen molar-refractivity contribution >= 4 is 11.7 Å². The number of benzene rings is 1. The van der Waals surface area contributed by atoms with Crippen LogP contribution in [0, 0.1) is 11.3 Å². The highest BCUT2D eigenvalue weighted by Crippen LogP contribution is 2.13. The Labute approximate surface area is 139 Å². The molecular formula is C19H26N2O2. The number of anilines is 1. The standard InChI is InChI=1S/C19H26N2O2/c1-3-4-5-6-7-11-14-23-19(22)17(15-20)16-21(2)18-12-9-8-10-13-18/h8-10,12-13,16H,3-7,11,14H2,1-2H3. The van der Waals surface area contributed by atoms with Crippen molar-refractivity contribution < 1.29 is 9.53 Å². The molecule has 0 aromatic heterocycles. The van der Waals surface area contributed by atoms with Crippen LogP contribution in [0.1, 0.15) is 45.4 Å². The van der Waals surface area contributed by atoms with Crippen molar-refractivity contribution in [3.8, 4) is 6.07 Å². The summed E-state index contributed by atoms with van der Waals surface area (Å²) in [5.41, 5.74) is 0.923. The Kier molecular flexibility index (Phi) is 9.23. The molecule has 0 fully saturated rings. The number of nitrogens with zero attached hydrogens (tertiary/aromatic N) is 2. The van der Waals surface area contributed by atoms with E-state index in [1.807, 2.05) is 36.4 Å². The average molecular weight is 314 g/mol. The lowest BCUT2D eigenvalue weighted by Gasteiger charge is -2.14. The number of carbonyl (C=O) groups excluding carboxylic acids is 1. The van der Waals surface area contributed by atoms with E-state index in [1.54, 1.807) is 11.9 Å². The van der Waals surface area contributed by atoms with Gasteiger partial charge in [-0.1, -0.05) is 57.2 Å². The van der Waals surface area contributed by atoms with Gasteiger partial charge >= 0.3 is 5.97 Å². The molecule has 0 amide bonds. The maximum absolute atomic E-state index is 11.9. The number of nitriles is 1. The number of hydrogen-bond acceptors (Lipinski definition) is 4. The molecule has 0 heterocycles. The van der Waals surface area contributed by atoms with Crippen LogP contribution in [-0.2, 0) is 9.53 Å². The lowest BCUT2D eigenvalue weighted by Crippen LogP contribution is -2.14. The van der Waals surface area contributed by atoms with Gasteiger partial charge in [0.25, 0.3) is 0 Å². The molecule has 23 heavy (non-hydrogen) atoms. The third-order valence-corrected chi connectivity index (χ3v) is 3.56. The second kappa shape index (κ2) is 11.3. The molecule has 0 spiro atoms. The van der Waals surface area contributed by atoms with Gasteiger partial charge < -0.3 is 9.64 Å². The van der Waals surface area contributed by atoms with E-state index in [2.05, 4.69) is 6.92 Å². The lowest BCUT2D eigenvalue weighted by atomic mass is 10.1. The Morgan fingerprint density at radius 3 is 2.48 bits per heavy atom. The van der Waals surface area contributed by atoms with E-state index in [0.29, 0.717) is 6.61 Å². The summed E-state index contributed by atoms with van der Waals surface area (Å²) in [7, 11) is 1.80. The first kappa shape index (κ1) is 18.8. The minimum Gasteiger partial charge on any atom is -0.462 e. The smallest absolute Gasteiger partial charge is 0.350 e. The van der Waals surface area contributed by atoms with Crippen molar-refractivity contribution in [3.05, 3.63) is 42.1 Å². The highest BCUT2D eigenvalue weighted by atomic mass is 16.5. The number of para-hydroxylation sites is 1. The Morgan fingerprint density at radius 2 is 1.83 bits per heavy atom. The summed E-state index contributed by atoms with van der Waals surface area (Å²) in [6.45, 7) is 2.56. The average Bonchev–Trinajstić information content (AvgIpc) is 2.59. The molecule has 0 aliphatic heterocycles. The van der Waals surface area contributed by atoms with Crippen molar-refractivity contribution in [2.75, 3.05) is 18.6 Å². The van der Waals surface area contributed by atoms with Gasteiger partial charge in [0, 0.05) is 18.9 Å². The summed E-state index contributed by atoms with van der Waals surface area (Å²) in [6.07, 6.45) is 8.30. The molecule has 0 atom stereocenters. The molecular weight excluding hydrogens is 288 g/mol.